The first-order valence-corrected chi connectivity index (χ1v) is 7.80. The zero-order chi connectivity index (χ0) is 15.9. The fraction of sp³-hybridized carbons (Fsp3) is 0.471. The van der Waals surface area contributed by atoms with Gasteiger partial charge in [-0.3, -0.25) is 9.59 Å². The van der Waals surface area contributed by atoms with E-state index in [2.05, 4.69) is 15.8 Å². The number of hydrazone groups is 1. The van der Waals surface area contributed by atoms with Crippen LogP contribution in [-0.4, -0.2) is 17.5 Å². The highest BCUT2D eigenvalue weighted by Crippen LogP contribution is 2.14. The molecular formula is C17H23N3O2. The lowest BCUT2D eigenvalue weighted by molar-refractivity contribution is -0.116. The molecule has 5 heteroatoms. The Balaban J connectivity index is 1.89. The first-order valence-electron chi connectivity index (χ1n) is 7.80. The quantitative estimate of drug-likeness (QED) is 0.819. The SMILES string of the molecule is CC(C)CC(=O)Nc1ccc(C(=O)NN=C2CCCC2)cc1. The highest BCUT2D eigenvalue weighted by molar-refractivity contribution is 5.96. The van der Waals surface area contributed by atoms with Gasteiger partial charge in [-0.2, -0.15) is 5.10 Å². The van der Waals surface area contributed by atoms with Gasteiger partial charge in [-0.1, -0.05) is 13.8 Å². The summed E-state index contributed by atoms with van der Waals surface area (Å²) >= 11 is 0. The van der Waals surface area contributed by atoms with E-state index in [1.54, 1.807) is 24.3 Å². The minimum atomic E-state index is -0.223. The Labute approximate surface area is 131 Å². The molecule has 0 spiro atoms. The van der Waals surface area contributed by atoms with Crippen molar-refractivity contribution in [3.63, 3.8) is 0 Å². The maximum atomic E-state index is 12.0. The smallest absolute Gasteiger partial charge is 0.271 e. The molecule has 0 bridgehead atoms. The Morgan fingerprint density at radius 3 is 2.36 bits per heavy atom. The molecule has 0 aromatic heterocycles. The monoisotopic (exact) mass is 301 g/mol. The summed E-state index contributed by atoms with van der Waals surface area (Å²) in [6.45, 7) is 4.00. The summed E-state index contributed by atoms with van der Waals surface area (Å²) in [6.07, 6.45) is 4.74. The molecule has 22 heavy (non-hydrogen) atoms. The van der Waals surface area contributed by atoms with Crippen molar-refractivity contribution in [2.45, 2.75) is 46.0 Å². The van der Waals surface area contributed by atoms with Crippen LogP contribution in [0, 0.1) is 5.92 Å². The van der Waals surface area contributed by atoms with E-state index in [9.17, 15) is 9.59 Å². The van der Waals surface area contributed by atoms with Gasteiger partial charge in [0.05, 0.1) is 0 Å². The third-order valence-electron chi connectivity index (χ3n) is 3.52. The second-order valence-corrected chi connectivity index (χ2v) is 6.05. The average molecular weight is 301 g/mol. The lowest BCUT2D eigenvalue weighted by Gasteiger charge is -2.08. The molecule has 0 heterocycles. The number of carbonyl (C=O) groups excluding carboxylic acids is 2. The fourth-order valence-corrected chi connectivity index (χ4v) is 2.38. The molecule has 0 atom stereocenters. The van der Waals surface area contributed by atoms with Gasteiger partial charge in [0.2, 0.25) is 5.91 Å². The van der Waals surface area contributed by atoms with Crippen LogP contribution in [-0.2, 0) is 4.79 Å². The first kappa shape index (κ1) is 16.2. The van der Waals surface area contributed by atoms with E-state index in [0.29, 0.717) is 23.6 Å². The summed E-state index contributed by atoms with van der Waals surface area (Å²) in [5.74, 6) is 0.0824. The van der Waals surface area contributed by atoms with Crippen LogP contribution in [0.5, 0.6) is 0 Å². The van der Waals surface area contributed by atoms with Gasteiger partial charge in [-0.25, -0.2) is 5.43 Å². The topological polar surface area (TPSA) is 70.6 Å². The van der Waals surface area contributed by atoms with Crippen LogP contribution in [0.1, 0.15) is 56.3 Å². The fourth-order valence-electron chi connectivity index (χ4n) is 2.38. The second kappa shape index (κ2) is 7.73. The van der Waals surface area contributed by atoms with Crippen LogP contribution in [0.15, 0.2) is 29.4 Å². The Bertz CT molecular complexity index is 554. The molecule has 1 fully saturated rings. The van der Waals surface area contributed by atoms with E-state index in [1.165, 1.54) is 0 Å². The van der Waals surface area contributed by atoms with Crippen molar-refractivity contribution in [2.75, 3.05) is 5.32 Å². The minimum Gasteiger partial charge on any atom is -0.326 e. The number of nitrogens with zero attached hydrogens (tertiary/aromatic N) is 1. The zero-order valence-electron chi connectivity index (χ0n) is 13.2. The summed E-state index contributed by atoms with van der Waals surface area (Å²) in [4.78, 5) is 23.7. The molecule has 0 unspecified atom stereocenters. The lowest BCUT2D eigenvalue weighted by atomic mass is 10.1. The zero-order valence-corrected chi connectivity index (χ0v) is 13.2. The first-order chi connectivity index (χ1) is 10.5. The number of rotatable bonds is 5. The van der Waals surface area contributed by atoms with Crippen LogP contribution in [0.2, 0.25) is 0 Å². The van der Waals surface area contributed by atoms with Gasteiger partial charge in [-0.05, 0) is 55.9 Å². The maximum absolute atomic E-state index is 12.0. The third kappa shape index (κ3) is 4.98. The Morgan fingerprint density at radius 1 is 1.14 bits per heavy atom. The molecule has 1 aromatic carbocycles. The molecule has 1 saturated carbocycles. The van der Waals surface area contributed by atoms with E-state index in [-0.39, 0.29) is 11.8 Å². The lowest BCUT2D eigenvalue weighted by Crippen LogP contribution is -2.19. The largest absolute Gasteiger partial charge is 0.326 e. The van der Waals surface area contributed by atoms with Crippen LogP contribution >= 0.6 is 0 Å². The Kier molecular flexibility index (Phi) is 5.69. The molecule has 0 aliphatic heterocycles. The van der Waals surface area contributed by atoms with Gasteiger partial charge >= 0.3 is 0 Å². The molecule has 2 N–H and O–H groups in total. The van der Waals surface area contributed by atoms with Crippen LogP contribution < -0.4 is 10.7 Å². The number of hydrogen-bond donors (Lipinski definition) is 2. The molecule has 118 valence electrons. The van der Waals surface area contributed by atoms with Crippen LogP contribution in [0.3, 0.4) is 0 Å². The van der Waals surface area contributed by atoms with Crippen LogP contribution in [0.4, 0.5) is 5.69 Å². The number of amides is 2. The molecule has 1 aliphatic rings. The molecule has 1 aliphatic carbocycles. The Morgan fingerprint density at radius 2 is 1.77 bits per heavy atom. The van der Waals surface area contributed by atoms with Crippen molar-refractivity contribution >= 4 is 23.2 Å². The standard InChI is InChI=1S/C17H23N3O2/c1-12(2)11-16(21)18-14-9-7-13(8-10-14)17(22)20-19-15-5-3-4-6-15/h7-10,12H,3-6,11H2,1-2H3,(H,18,21)(H,20,22). The van der Waals surface area contributed by atoms with Gasteiger partial charge in [0.1, 0.15) is 0 Å². The highest BCUT2D eigenvalue weighted by Gasteiger charge is 2.10. The normalized spacial score (nSPS) is 14.0. The molecule has 0 saturated heterocycles. The summed E-state index contributed by atoms with van der Waals surface area (Å²) in [6, 6.07) is 6.84. The maximum Gasteiger partial charge on any atom is 0.271 e. The molecule has 5 nitrogen and oxygen atoms in total. The van der Waals surface area contributed by atoms with Crippen molar-refractivity contribution in [3.05, 3.63) is 29.8 Å². The predicted octanol–water partition coefficient (Wildman–Crippen LogP) is 3.33. The minimum absolute atomic E-state index is 0.0140. The van der Waals surface area contributed by atoms with Crippen molar-refractivity contribution in [2.24, 2.45) is 11.0 Å². The van der Waals surface area contributed by atoms with Gasteiger partial charge in [0.15, 0.2) is 0 Å². The van der Waals surface area contributed by atoms with Crippen molar-refractivity contribution < 1.29 is 9.59 Å². The number of carbonyl (C=O) groups is 2. The predicted molar refractivity (Wildman–Crippen MR) is 87.9 cm³/mol. The van der Waals surface area contributed by atoms with Gasteiger partial charge in [0.25, 0.3) is 5.91 Å². The van der Waals surface area contributed by atoms with Crippen LogP contribution in [0.25, 0.3) is 0 Å². The summed E-state index contributed by atoms with van der Waals surface area (Å²) in [7, 11) is 0. The number of benzene rings is 1. The average Bonchev–Trinajstić information content (AvgIpc) is 2.98. The third-order valence-corrected chi connectivity index (χ3v) is 3.52. The van der Waals surface area contributed by atoms with Crippen molar-refractivity contribution in [1.29, 1.82) is 0 Å². The molecule has 1 aromatic rings. The van der Waals surface area contributed by atoms with Crippen molar-refractivity contribution in [1.82, 2.24) is 5.43 Å². The number of hydrogen-bond acceptors (Lipinski definition) is 3. The summed E-state index contributed by atoms with van der Waals surface area (Å²) in [5, 5.41) is 6.97. The van der Waals surface area contributed by atoms with E-state index >= 15 is 0 Å². The van der Waals surface area contributed by atoms with E-state index in [4.69, 9.17) is 0 Å². The summed E-state index contributed by atoms with van der Waals surface area (Å²) in [5.41, 5.74) is 4.88. The van der Waals surface area contributed by atoms with Gasteiger partial charge in [-0.15, -0.1) is 0 Å². The van der Waals surface area contributed by atoms with Gasteiger partial charge in [0, 0.05) is 23.4 Å². The molecule has 2 rings (SSSR count). The number of anilines is 1. The summed E-state index contributed by atoms with van der Waals surface area (Å²) < 4.78 is 0. The van der Waals surface area contributed by atoms with E-state index < -0.39 is 0 Å². The molecular weight excluding hydrogens is 278 g/mol. The van der Waals surface area contributed by atoms with E-state index in [1.807, 2.05) is 13.8 Å². The highest BCUT2D eigenvalue weighted by atomic mass is 16.2. The molecule has 2 amide bonds. The van der Waals surface area contributed by atoms with E-state index in [0.717, 1.165) is 31.4 Å². The Hall–Kier alpha value is -2.17. The van der Waals surface area contributed by atoms with Crippen molar-refractivity contribution in [3.8, 4) is 0 Å². The number of nitrogens with one attached hydrogen (secondary N) is 2. The second-order valence-electron chi connectivity index (χ2n) is 6.05. The molecule has 0 radical (unpaired) electrons. The van der Waals surface area contributed by atoms with Gasteiger partial charge < -0.3 is 5.32 Å².